The van der Waals surface area contributed by atoms with Crippen LogP contribution in [0.15, 0.2) is 60.7 Å². The number of carbonyl (C=O) groups excluding carboxylic acids is 1. The van der Waals surface area contributed by atoms with Crippen molar-refractivity contribution in [2.24, 2.45) is 11.8 Å². The molecule has 0 spiro atoms. The highest BCUT2D eigenvalue weighted by atomic mass is 16.6. The summed E-state index contributed by atoms with van der Waals surface area (Å²) in [6.45, 7) is 5.29. The van der Waals surface area contributed by atoms with Crippen molar-refractivity contribution < 1.29 is 19.4 Å². The van der Waals surface area contributed by atoms with Crippen LogP contribution in [0.25, 0.3) is 0 Å². The normalized spacial score (nSPS) is 28.0. The summed E-state index contributed by atoms with van der Waals surface area (Å²) in [5, 5.41) is 10.3. The summed E-state index contributed by atoms with van der Waals surface area (Å²) in [4.78, 5) is 32.3. The van der Waals surface area contributed by atoms with Crippen LogP contribution < -0.4 is 0 Å². The van der Waals surface area contributed by atoms with Crippen molar-refractivity contribution in [2.45, 2.75) is 75.5 Å². The summed E-state index contributed by atoms with van der Waals surface area (Å²) in [7, 11) is 0. The van der Waals surface area contributed by atoms with Gasteiger partial charge >= 0.3 is 12.1 Å². The first kappa shape index (κ1) is 28.2. The molecule has 3 heterocycles. The number of rotatable bonds is 8. The quantitative estimate of drug-likeness (QED) is 0.442. The van der Waals surface area contributed by atoms with E-state index in [-0.39, 0.29) is 30.2 Å². The highest BCUT2D eigenvalue weighted by Gasteiger charge is 2.43. The summed E-state index contributed by atoms with van der Waals surface area (Å²) < 4.78 is 5.86. The Labute approximate surface area is 244 Å². The first-order valence-corrected chi connectivity index (χ1v) is 15.8. The third-order valence-corrected chi connectivity index (χ3v) is 10.2. The predicted octanol–water partition coefficient (Wildman–Crippen LogP) is 5.78. The first-order valence-electron chi connectivity index (χ1n) is 15.8. The second kappa shape index (κ2) is 13.0. The molecule has 4 aliphatic rings. The van der Waals surface area contributed by atoms with Gasteiger partial charge in [-0.3, -0.25) is 9.69 Å². The van der Waals surface area contributed by atoms with Gasteiger partial charge in [0.15, 0.2) is 0 Å². The fourth-order valence-electron chi connectivity index (χ4n) is 8.08. The number of piperidine rings is 1. The number of benzene rings is 2. The van der Waals surface area contributed by atoms with E-state index in [4.69, 9.17) is 4.74 Å². The highest BCUT2D eigenvalue weighted by molar-refractivity contribution is 5.74. The number of hydrogen-bond donors (Lipinski definition) is 1. The molecule has 2 aromatic carbocycles. The maximum atomic E-state index is 13.0. The average Bonchev–Trinajstić information content (AvgIpc) is 3.41. The van der Waals surface area contributed by atoms with E-state index >= 15 is 0 Å². The van der Waals surface area contributed by atoms with Crippen LogP contribution in [0.4, 0.5) is 4.79 Å². The number of hydrogen-bond acceptors (Lipinski definition) is 5. The molecule has 1 aliphatic carbocycles. The van der Waals surface area contributed by atoms with Gasteiger partial charge in [0.2, 0.25) is 0 Å². The zero-order valence-electron chi connectivity index (χ0n) is 24.2. The fraction of sp³-hybridized carbons (Fsp3) is 0.588. The van der Waals surface area contributed by atoms with E-state index in [1.165, 1.54) is 12.0 Å². The smallest absolute Gasteiger partial charge is 0.410 e. The maximum Gasteiger partial charge on any atom is 0.410 e. The lowest BCUT2D eigenvalue weighted by atomic mass is 9.83. The molecule has 4 fully saturated rings. The number of cyclic esters (lactones) is 1. The third-order valence-electron chi connectivity index (χ3n) is 10.2. The number of carboxylic acid groups (broad SMARTS) is 1. The molecule has 1 unspecified atom stereocenters. The van der Waals surface area contributed by atoms with Gasteiger partial charge in [-0.1, -0.05) is 79.9 Å². The Bertz CT molecular complexity index is 1150. The van der Waals surface area contributed by atoms with Crippen molar-refractivity contribution in [3.63, 3.8) is 0 Å². The Morgan fingerprint density at radius 2 is 1.49 bits per heavy atom. The highest BCUT2D eigenvalue weighted by Crippen LogP contribution is 2.39. The second-order valence-corrected chi connectivity index (χ2v) is 12.7. The molecule has 3 saturated heterocycles. The van der Waals surface area contributed by atoms with Crippen molar-refractivity contribution in [3.05, 3.63) is 71.8 Å². The molecule has 0 aromatic heterocycles. The van der Waals surface area contributed by atoms with Gasteiger partial charge in [-0.15, -0.1) is 0 Å². The predicted molar refractivity (Wildman–Crippen MR) is 159 cm³/mol. The number of nitrogens with zero attached hydrogens (tertiary/aromatic N) is 3. The minimum Gasteiger partial charge on any atom is -0.480 e. The maximum absolute atomic E-state index is 13.0. The molecule has 2 aromatic rings. The van der Waals surface area contributed by atoms with E-state index in [0.717, 1.165) is 89.8 Å². The van der Waals surface area contributed by atoms with Gasteiger partial charge < -0.3 is 19.6 Å². The molecule has 4 atom stereocenters. The summed E-state index contributed by atoms with van der Waals surface area (Å²) in [6.07, 6.45) is 8.02. The molecular formula is C34H45N3O4. The van der Waals surface area contributed by atoms with Crippen molar-refractivity contribution >= 4 is 12.1 Å². The Morgan fingerprint density at radius 1 is 0.829 bits per heavy atom. The largest absolute Gasteiger partial charge is 0.480 e. The van der Waals surface area contributed by atoms with Crippen molar-refractivity contribution in [1.82, 2.24) is 14.7 Å². The van der Waals surface area contributed by atoms with Crippen LogP contribution in [0.5, 0.6) is 0 Å². The van der Waals surface area contributed by atoms with Gasteiger partial charge in [-0.2, -0.15) is 0 Å². The number of ether oxygens (including phenoxy) is 1. The monoisotopic (exact) mass is 559 g/mol. The van der Waals surface area contributed by atoms with Gasteiger partial charge in [-0.25, -0.2) is 4.79 Å². The van der Waals surface area contributed by atoms with Gasteiger partial charge in [0.25, 0.3) is 0 Å². The fourth-order valence-corrected chi connectivity index (χ4v) is 8.08. The van der Waals surface area contributed by atoms with Crippen LogP contribution in [0.2, 0.25) is 0 Å². The van der Waals surface area contributed by atoms with Crippen molar-refractivity contribution in [2.75, 3.05) is 39.3 Å². The van der Waals surface area contributed by atoms with E-state index in [9.17, 15) is 14.7 Å². The van der Waals surface area contributed by atoms with Crippen LogP contribution >= 0.6 is 0 Å². The van der Waals surface area contributed by atoms with E-state index in [1.807, 2.05) is 35.2 Å². The second-order valence-electron chi connectivity index (χ2n) is 12.7. The number of amides is 1. The third kappa shape index (κ3) is 6.46. The molecule has 1 saturated carbocycles. The molecular weight excluding hydrogens is 514 g/mol. The molecule has 1 N–H and O–H groups in total. The SMILES string of the molecule is O=C(O)[C@@H](C1CCCCC1)N1C[C@H](CN2CCC(N3CCC(c4ccccc4)OC3=O)CC2)[C@@H](c2ccccc2)C1. The zero-order chi connectivity index (χ0) is 28.2. The lowest BCUT2D eigenvalue weighted by Crippen LogP contribution is -2.51. The van der Waals surface area contributed by atoms with Gasteiger partial charge in [-0.05, 0) is 48.6 Å². The minimum absolute atomic E-state index is 0.150. The number of carboxylic acids is 1. The summed E-state index contributed by atoms with van der Waals surface area (Å²) in [6, 6.07) is 20.6. The molecule has 3 aliphatic heterocycles. The minimum atomic E-state index is -0.645. The Balaban J connectivity index is 1.07. The van der Waals surface area contributed by atoms with Crippen molar-refractivity contribution in [3.8, 4) is 0 Å². The van der Waals surface area contributed by atoms with Gasteiger partial charge in [0, 0.05) is 57.6 Å². The Morgan fingerprint density at radius 3 is 2.12 bits per heavy atom. The molecule has 1 amide bonds. The van der Waals surface area contributed by atoms with Gasteiger partial charge in [0.05, 0.1) is 0 Å². The van der Waals surface area contributed by atoms with E-state index < -0.39 is 5.97 Å². The average molecular weight is 560 g/mol. The molecule has 7 nitrogen and oxygen atoms in total. The molecule has 41 heavy (non-hydrogen) atoms. The molecule has 7 heteroatoms. The van der Waals surface area contributed by atoms with E-state index in [0.29, 0.717) is 11.8 Å². The lowest BCUT2D eigenvalue weighted by molar-refractivity contribution is -0.145. The standard InChI is InChI=1S/C34H45N3O4/c38-33(39)32(27-14-8-3-9-15-27)36-23-28(30(24-36)25-10-4-1-5-11-25)22-35-19-16-29(17-20-35)37-21-18-31(41-34(37)40)26-12-6-2-7-13-26/h1-2,4-7,10-13,27-32H,3,8-9,14-24H2,(H,38,39)/t28-,30+,31?,32+/m0/s1. The zero-order valence-corrected chi connectivity index (χ0v) is 24.2. The van der Waals surface area contributed by atoms with E-state index in [1.54, 1.807) is 0 Å². The number of carbonyl (C=O) groups is 2. The van der Waals surface area contributed by atoms with Crippen LogP contribution in [-0.4, -0.2) is 83.2 Å². The topological polar surface area (TPSA) is 73.3 Å². The van der Waals surface area contributed by atoms with Crippen LogP contribution in [-0.2, 0) is 9.53 Å². The summed E-state index contributed by atoms with van der Waals surface area (Å²) in [5.74, 6) is 0.350. The Hall–Kier alpha value is -2.90. The molecule has 6 rings (SSSR count). The number of aliphatic carboxylic acids is 1. The van der Waals surface area contributed by atoms with Crippen LogP contribution in [0, 0.1) is 11.8 Å². The summed E-state index contributed by atoms with van der Waals surface area (Å²) >= 11 is 0. The van der Waals surface area contributed by atoms with E-state index in [2.05, 4.69) is 40.1 Å². The molecule has 0 bridgehead atoms. The van der Waals surface area contributed by atoms with Gasteiger partial charge in [0.1, 0.15) is 12.1 Å². The van der Waals surface area contributed by atoms with Crippen LogP contribution in [0.1, 0.15) is 74.5 Å². The number of likely N-dealkylation sites (tertiary alicyclic amines) is 2. The lowest BCUT2D eigenvalue weighted by Gasteiger charge is -2.42. The van der Waals surface area contributed by atoms with Crippen molar-refractivity contribution in [1.29, 1.82) is 0 Å². The molecule has 220 valence electrons. The molecule has 0 radical (unpaired) electrons. The van der Waals surface area contributed by atoms with Crippen LogP contribution in [0.3, 0.4) is 0 Å². The Kier molecular flexibility index (Phi) is 8.92. The summed E-state index contributed by atoms with van der Waals surface area (Å²) in [5.41, 5.74) is 2.40. The first-order chi connectivity index (χ1) is 20.1.